The summed E-state index contributed by atoms with van der Waals surface area (Å²) in [6.07, 6.45) is 0. The Morgan fingerprint density at radius 3 is 1.71 bits per heavy atom. The molecule has 15 heteroatoms. The summed E-state index contributed by atoms with van der Waals surface area (Å²) in [5.41, 5.74) is 10.4. The van der Waals surface area contributed by atoms with E-state index >= 15 is 0 Å². The fraction of sp³-hybridized carbons (Fsp3) is 0.130. The minimum Gasteiger partial charge on any atom is -0.744 e. The Balaban J connectivity index is 0.00000253. The normalized spacial score (nSPS) is 12.7. The van der Waals surface area contributed by atoms with E-state index in [4.69, 9.17) is 11.5 Å². The van der Waals surface area contributed by atoms with Crippen molar-refractivity contribution in [2.75, 3.05) is 16.8 Å². The monoisotopic (exact) mass is 575 g/mol. The number of anilines is 4. The molecule has 0 spiro atoms. The summed E-state index contributed by atoms with van der Waals surface area (Å²) in [5.74, 6) is -1.46. The van der Waals surface area contributed by atoms with E-state index in [1.54, 1.807) is 0 Å². The second kappa shape index (κ2) is 11.0. The van der Waals surface area contributed by atoms with Crippen molar-refractivity contribution in [3.8, 4) is 0 Å². The third kappa shape index (κ3) is 5.20. The Hall–Kier alpha value is -1.78. The molecule has 0 atom stereocenters. The zero-order valence-electron chi connectivity index (χ0n) is 21.1. The van der Waals surface area contributed by atoms with Gasteiger partial charge in [0.15, 0.2) is 11.6 Å². The van der Waals surface area contributed by atoms with E-state index in [1.807, 2.05) is 0 Å². The van der Waals surface area contributed by atoms with Crippen LogP contribution in [0.3, 0.4) is 0 Å². The van der Waals surface area contributed by atoms with Crippen LogP contribution in [-0.4, -0.2) is 37.5 Å². The summed E-state index contributed by atoms with van der Waals surface area (Å²) in [6, 6.07) is 6.60. The first-order valence-corrected chi connectivity index (χ1v) is 13.1. The number of nitrogen functional groups attached to an aromatic ring is 2. The van der Waals surface area contributed by atoms with Crippen LogP contribution in [0.4, 0.5) is 22.7 Å². The van der Waals surface area contributed by atoms with E-state index in [0.29, 0.717) is 0 Å². The zero-order chi connectivity index (χ0) is 26.9. The van der Waals surface area contributed by atoms with Gasteiger partial charge in [0, 0.05) is 22.5 Å². The van der Waals surface area contributed by atoms with Crippen molar-refractivity contribution in [1.29, 1.82) is 0 Å². The van der Waals surface area contributed by atoms with Gasteiger partial charge in [-0.15, -0.1) is 0 Å². The molecule has 0 unspecified atom stereocenters. The standard InChI is InChI=1S/C23H21N3O8S2.2Na/c1-9-18(24)10(2)23(36(32,33)34)11(3)20(9)26-14-8-15(35(29,30)31)19(25)17-16(14)21(27)12-6-4-5-7-13(12)22(17)28;;/h4-8,26H,24-25H2,1-3H3,(H,29,30,31)(H,32,33,34);;/q;2*+1/p-2. The Morgan fingerprint density at radius 2 is 1.24 bits per heavy atom. The van der Waals surface area contributed by atoms with Crippen molar-refractivity contribution < 1.29 is 94.6 Å². The number of nitrogens with one attached hydrogen (secondary N) is 1. The molecule has 3 aromatic rings. The number of nitrogens with two attached hydrogens (primary N) is 2. The van der Waals surface area contributed by atoms with Gasteiger partial charge < -0.3 is 25.9 Å². The van der Waals surface area contributed by atoms with Crippen molar-refractivity contribution in [3.63, 3.8) is 0 Å². The Bertz CT molecular complexity index is 1760. The molecule has 0 amide bonds. The molecule has 0 fully saturated rings. The van der Waals surface area contributed by atoms with Gasteiger partial charge in [0.1, 0.15) is 20.2 Å². The van der Waals surface area contributed by atoms with E-state index in [2.05, 4.69) is 5.32 Å². The molecular formula is C23H19N3Na2O8S2. The summed E-state index contributed by atoms with van der Waals surface area (Å²) >= 11 is 0. The summed E-state index contributed by atoms with van der Waals surface area (Å²) in [5, 5.41) is 2.76. The molecule has 4 rings (SSSR count). The maximum Gasteiger partial charge on any atom is 1.00 e. The number of carbonyl (C=O) groups is 2. The number of fused-ring (bicyclic) bond motifs is 2. The third-order valence-corrected chi connectivity index (χ3v) is 8.21. The van der Waals surface area contributed by atoms with Gasteiger partial charge >= 0.3 is 59.1 Å². The molecule has 11 nitrogen and oxygen atoms in total. The van der Waals surface area contributed by atoms with Gasteiger partial charge in [-0.05, 0) is 43.5 Å². The molecule has 1 aliphatic carbocycles. The van der Waals surface area contributed by atoms with Crippen LogP contribution in [-0.2, 0) is 20.2 Å². The van der Waals surface area contributed by atoms with Gasteiger partial charge in [0.25, 0.3) is 0 Å². The van der Waals surface area contributed by atoms with Crippen LogP contribution < -0.4 is 75.9 Å². The summed E-state index contributed by atoms with van der Waals surface area (Å²) in [4.78, 5) is 25.2. The van der Waals surface area contributed by atoms with Crippen molar-refractivity contribution >= 4 is 54.6 Å². The number of carbonyl (C=O) groups excluding carboxylic acids is 2. The van der Waals surface area contributed by atoms with Gasteiger partial charge in [-0.1, -0.05) is 24.3 Å². The van der Waals surface area contributed by atoms with Crippen LogP contribution in [0.15, 0.2) is 40.1 Å². The molecule has 3 aromatic carbocycles. The topological polar surface area (TPSA) is 213 Å². The Kier molecular flexibility index (Phi) is 9.39. The number of ketones is 2. The predicted molar refractivity (Wildman–Crippen MR) is 128 cm³/mol. The molecule has 1 aliphatic rings. The number of hydrogen-bond acceptors (Lipinski definition) is 11. The van der Waals surface area contributed by atoms with E-state index in [9.17, 15) is 35.5 Å². The average Bonchev–Trinajstić information content (AvgIpc) is 2.77. The van der Waals surface area contributed by atoms with Crippen LogP contribution in [0, 0.1) is 20.8 Å². The first-order chi connectivity index (χ1) is 16.6. The first-order valence-electron chi connectivity index (χ1n) is 10.3. The van der Waals surface area contributed by atoms with Gasteiger partial charge in [-0.25, -0.2) is 16.8 Å². The quantitative estimate of drug-likeness (QED) is 0.122. The van der Waals surface area contributed by atoms with E-state index in [0.717, 1.165) is 6.07 Å². The smallest absolute Gasteiger partial charge is 0.744 e. The van der Waals surface area contributed by atoms with Crippen LogP contribution in [0.5, 0.6) is 0 Å². The molecule has 188 valence electrons. The molecule has 0 saturated carbocycles. The van der Waals surface area contributed by atoms with E-state index in [-0.39, 0.29) is 110 Å². The number of benzene rings is 3. The van der Waals surface area contributed by atoms with Crippen LogP contribution in [0.2, 0.25) is 0 Å². The maximum atomic E-state index is 13.4. The largest absolute Gasteiger partial charge is 1.00 e. The van der Waals surface area contributed by atoms with Gasteiger partial charge in [0.05, 0.1) is 32.3 Å². The Morgan fingerprint density at radius 1 is 0.737 bits per heavy atom. The molecule has 5 N–H and O–H groups in total. The van der Waals surface area contributed by atoms with E-state index in [1.165, 1.54) is 45.0 Å². The predicted octanol–water partition coefficient (Wildman–Crippen LogP) is -3.89. The molecule has 0 aliphatic heterocycles. The molecule has 0 aromatic heterocycles. The fourth-order valence-electron chi connectivity index (χ4n) is 4.51. The third-order valence-electron chi connectivity index (χ3n) is 6.22. The maximum absolute atomic E-state index is 13.4. The van der Waals surface area contributed by atoms with Crippen LogP contribution >= 0.6 is 0 Å². The molecule has 0 heterocycles. The van der Waals surface area contributed by atoms with Crippen molar-refractivity contribution in [2.24, 2.45) is 0 Å². The van der Waals surface area contributed by atoms with Gasteiger partial charge in [0.2, 0.25) is 0 Å². The van der Waals surface area contributed by atoms with Crippen molar-refractivity contribution in [2.45, 2.75) is 30.6 Å². The number of rotatable bonds is 4. The molecular weight excluding hydrogens is 556 g/mol. The minimum absolute atomic E-state index is 0. The molecule has 38 heavy (non-hydrogen) atoms. The minimum atomic E-state index is -5.22. The Labute approximate surface area is 263 Å². The van der Waals surface area contributed by atoms with Crippen LogP contribution in [0.1, 0.15) is 48.5 Å². The van der Waals surface area contributed by atoms with E-state index < -0.39 is 52.8 Å². The van der Waals surface area contributed by atoms with Crippen molar-refractivity contribution in [3.05, 3.63) is 69.3 Å². The summed E-state index contributed by atoms with van der Waals surface area (Å²) in [6.45, 7) is 4.19. The SMILES string of the molecule is Cc1c(N)c(C)c(S(=O)(=O)[O-])c(C)c1Nc1cc(S(=O)(=O)[O-])c(N)c2c1C(=O)c1ccccc1C2=O.[Na+].[Na+]. The number of hydrogen-bond donors (Lipinski definition) is 3. The second-order valence-corrected chi connectivity index (χ2v) is 11.0. The average molecular weight is 576 g/mol. The van der Waals surface area contributed by atoms with Gasteiger partial charge in [-0.2, -0.15) is 0 Å². The molecule has 0 radical (unpaired) electrons. The first kappa shape index (κ1) is 32.4. The molecule has 0 bridgehead atoms. The fourth-order valence-corrected chi connectivity index (χ4v) is 6.11. The van der Waals surface area contributed by atoms with Gasteiger partial charge in [-0.3, -0.25) is 9.59 Å². The zero-order valence-corrected chi connectivity index (χ0v) is 26.8. The van der Waals surface area contributed by atoms with Crippen LogP contribution in [0.25, 0.3) is 0 Å². The second-order valence-electron chi connectivity index (χ2n) is 8.32. The summed E-state index contributed by atoms with van der Waals surface area (Å²) < 4.78 is 71.9. The summed E-state index contributed by atoms with van der Waals surface area (Å²) in [7, 11) is -10.2. The van der Waals surface area contributed by atoms with Crippen molar-refractivity contribution in [1.82, 2.24) is 0 Å². The molecule has 0 saturated heterocycles.